The van der Waals surface area contributed by atoms with Gasteiger partial charge in [-0.1, -0.05) is 81.7 Å². The summed E-state index contributed by atoms with van der Waals surface area (Å²) in [6, 6.07) is 12.6. The molecule has 0 unspecified atom stereocenters. The average molecular weight is 401 g/mol. The third kappa shape index (κ3) is 7.43. The molecule has 3 heteroatoms. The van der Waals surface area contributed by atoms with Crippen LogP contribution in [0.4, 0.5) is 0 Å². The molecular formula is C25H36O2S. The molecule has 0 atom stereocenters. The first-order chi connectivity index (χ1) is 13.7. The summed E-state index contributed by atoms with van der Waals surface area (Å²) < 4.78 is 11.9. The average Bonchev–Trinajstić information content (AvgIpc) is 2.69. The van der Waals surface area contributed by atoms with Gasteiger partial charge in [0.05, 0.1) is 13.2 Å². The second kappa shape index (κ2) is 12.8. The van der Waals surface area contributed by atoms with Crippen LogP contribution in [0.1, 0.15) is 70.8 Å². The van der Waals surface area contributed by atoms with Gasteiger partial charge >= 0.3 is 0 Å². The molecule has 0 aliphatic rings. The third-order valence-electron chi connectivity index (χ3n) is 4.98. The Kier molecular flexibility index (Phi) is 10.3. The van der Waals surface area contributed by atoms with E-state index in [1.807, 2.05) is 13.0 Å². The first-order valence-electron chi connectivity index (χ1n) is 10.8. The number of unbranched alkanes of at least 4 members (excludes halogenated alkanes) is 7. The Hall–Kier alpha value is -1.61. The molecule has 2 aromatic carbocycles. The molecule has 0 bridgehead atoms. The predicted octanol–water partition coefficient (Wildman–Crippen LogP) is 7.87. The quantitative estimate of drug-likeness (QED) is 0.272. The fraction of sp³-hybridized carbons (Fsp3) is 0.520. The fourth-order valence-corrected chi connectivity index (χ4v) is 3.56. The van der Waals surface area contributed by atoms with Gasteiger partial charge in [0.2, 0.25) is 0 Å². The zero-order valence-electron chi connectivity index (χ0n) is 17.8. The van der Waals surface area contributed by atoms with E-state index in [4.69, 9.17) is 9.47 Å². The second-order valence-electron chi connectivity index (χ2n) is 7.44. The Morgan fingerprint density at radius 2 is 1.39 bits per heavy atom. The maximum atomic E-state index is 6.18. The summed E-state index contributed by atoms with van der Waals surface area (Å²) in [5.41, 5.74) is 3.47. The minimum absolute atomic E-state index is 0.624. The lowest BCUT2D eigenvalue weighted by atomic mass is 10.0. The van der Waals surface area contributed by atoms with E-state index in [9.17, 15) is 0 Å². The maximum absolute atomic E-state index is 6.18. The van der Waals surface area contributed by atoms with Crippen LogP contribution in [0.25, 0.3) is 11.1 Å². The van der Waals surface area contributed by atoms with Crippen molar-refractivity contribution < 1.29 is 9.47 Å². The first kappa shape index (κ1) is 22.7. The zero-order valence-corrected chi connectivity index (χ0v) is 18.7. The highest BCUT2D eigenvalue weighted by Crippen LogP contribution is 2.38. The Morgan fingerprint density at radius 1 is 0.750 bits per heavy atom. The molecule has 0 aromatic heterocycles. The van der Waals surface area contributed by atoms with Crippen molar-refractivity contribution in [2.45, 2.75) is 77.0 Å². The van der Waals surface area contributed by atoms with E-state index in [2.05, 4.69) is 56.8 Å². The van der Waals surface area contributed by atoms with Crippen LogP contribution in [0.2, 0.25) is 0 Å². The summed E-state index contributed by atoms with van der Waals surface area (Å²) in [5, 5.41) is 0. The number of rotatable bonds is 13. The van der Waals surface area contributed by atoms with Crippen molar-refractivity contribution in [3.63, 3.8) is 0 Å². The van der Waals surface area contributed by atoms with Gasteiger partial charge in [-0.2, -0.15) is 0 Å². The van der Waals surface area contributed by atoms with Crippen molar-refractivity contribution in [2.24, 2.45) is 0 Å². The molecule has 0 aliphatic heterocycles. The van der Waals surface area contributed by atoms with Gasteiger partial charge in [0.25, 0.3) is 0 Å². The molecule has 0 saturated carbocycles. The summed E-state index contributed by atoms with van der Waals surface area (Å²) >= 11 is 4.59. The second-order valence-corrected chi connectivity index (χ2v) is 7.92. The molecule has 2 aromatic rings. The summed E-state index contributed by atoms with van der Waals surface area (Å²) in [7, 11) is 0. The lowest BCUT2D eigenvalue weighted by Gasteiger charge is -2.16. The van der Waals surface area contributed by atoms with Crippen LogP contribution < -0.4 is 9.47 Å². The van der Waals surface area contributed by atoms with Crippen LogP contribution in [0, 0.1) is 6.92 Å². The van der Waals surface area contributed by atoms with Crippen molar-refractivity contribution in [1.82, 2.24) is 0 Å². The zero-order chi connectivity index (χ0) is 20.2. The van der Waals surface area contributed by atoms with Crippen molar-refractivity contribution in [1.29, 1.82) is 0 Å². The van der Waals surface area contributed by atoms with Crippen molar-refractivity contribution >= 4 is 12.6 Å². The van der Waals surface area contributed by atoms with E-state index in [1.165, 1.54) is 50.5 Å². The minimum atomic E-state index is 0.624. The fourth-order valence-electron chi connectivity index (χ4n) is 3.32. The van der Waals surface area contributed by atoms with Crippen LogP contribution in [-0.2, 0) is 0 Å². The summed E-state index contributed by atoms with van der Waals surface area (Å²) in [6.07, 6.45) is 10.4. The first-order valence-corrected chi connectivity index (χ1v) is 11.3. The monoisotopic (exact) mass is 400 g/mol. The van der Waals surface area contributed by atoms with Gasteiger partial charge in [-0.25, -0.2) is 0 Å². The van der Waals surface area contributed by atoms with Crippen molar-refractivity contribution in [3.8, 4) is 22.6 Å². The van der Waals surface area contributed by atoms with Gasteiger partial charge in [-0.05, 0) is 38.0 Å². The van der Waals surface area contributed by atoms with E-state index < -0.39 is 0 Å². The Labute approximate surface area is 177 Å². The SMILES string of the molecule is CCCCCCCCCCOc1cc(S)c(OCC)cc1-c1ccc(C)cc1. The highest BCUT2D eigenvalue weighted by molar-refractivity contribution is 7.80. The van der Waals surface area contributed by atoms with Crippen LogP contribution in [0.15, 0.2) is 41.3 Å². The molecule has 2 nitrogen and oxygen atoms in total. The van der Waals surface area contributed by atoms with Gasteiger partial charge in [-0.15, -0.1) is 12.6 Å². The van der Waals surface area contributed by atoms with Crippen LogP contribution >= 0.6 is 12.6 Å². The lowest BCUT2D eigenvalue weighted by molar-refractivity contribution is 0.301. The number of ether oxygens (including phenoxy) is 2. The number of hydrogen-bond donors (Lipinski definition) is 1. The van der Waals surface area contributed by atoms with E-state index in [0.717, 1.165) is 40.5 Å². The molecule has 0 aliphatic carbocycles. The molecule has 2 rings (SSSR count). The lowest BCUT2D eigenvalue weighted by Crippen LogP contribution is -2.01. The summed E-state index contributed by atoms with van der Waals surface area (Å²) in [4.78, 5) is 0.823. The molecule has 0 saturated heterocycles. The van der Waals surface area contributed by atoms with E-state index >= 15 is 0 Å². The highest BCUT2D eigenvalue weighted by atomic mass is 32.1. The van der Waals surface area contributed by atoms with E-state index in [-0.39, 0.29) is 0 Å². The van der Waals surface area contributed by atoms with Crippen LogP contribution in [0.3, 0.4) is 0 Å². The molecular weight excluding hydrogens is 364 g/mol. The molecule has 0 radical (unpaired) electrons. The summed E-state index contributed by atoms with van der Waals surface area (Å²) in [5.74, 6) is 1.70. The molecule has 154 valence electrons. The Morgan fingerprint density at radius 3 is 2.04 bits per heavy atom. The molecule has 0 heterocycles. The van der Waals surface area contributed by atoms with Gasteiger partial charge < -0.3 is 9.47 Å². The molecule has 0 N–H and O–H groups in total. The minimum Gasteiger partial charge on any atom is -0.493 e. The van der Waals surface area contributed by atoms with Gasteiger partial charge in [0.15, 0.2) is 0 Å². The molecule has 0 spiro atoms. The highest BCUT2D eigenvalue weighted by Gasteiger charge is 2.12. The van der Waals surface area contributed by atoms with E-state index in [0.29, 0.717) is 6.61 Å². The number of hydrogen-bond acceptors (Lipinski definition) is 3. The summed E-state index contributed by atoms with van der Waals surface area (Å²) in [6.45, 7) is 7.73. The normalized spacial score (nSPS) is 10.9. The van der Waals surface area contributed by atoms with Crippen LogP contribution in [-0.4, -0.2) is 13.2 Å². The van der Waals surface area contributed by atoms with E-state index in [1.54, 1.807) is 0 Å². The maximum Gasteiger partial charge on any atom is 0.133 e. The Bertz CT molecular complexity index is 694. The molecule has 0 amide bonds. The standard InChI is InChI=1S/C25H36O2S/c1-4-6-7-8-9-10-11-12-17-27-23-19-25(28)24(26-5-2)18-22(23)21-15-13-20(3)14-16-21/h13-16,18-19,28H,4-12,17H2,1-3H3. The van der Waals surface area contributed by atoms with Crippen molar-refractivity contribution in [2.75, 3.05) is 13.2 Å². The Balaban J connectivity index is 1.96. The van der Waals surface area contributed by atoms with Gasteiger partial charge in [0.1, 0.15) is 11.5 Å². The van der Waals surface area contributed by atoms with Gasteiger partial charge in [-0.3, -0.25) is 0 Å². The topological polar surface area (TPSA) is 18.5 Å². The molecule has 28 heavy (non-hydrogen) atoms. The third-order valence-corrected chi connectivity index (χ3v) is 5.33. The van der Waals surface area contributed by atoms with Crippen molar-refractivity contribution in [3.05, 3.63) is 42.0 Å². The van der Waals surface area contributed by atoms with Gasteiger partial charge in [0, 0.05) is 10.5 Å². The molecule has 0 fully saturated rings. The number of thiol groups is 1. The number of benzene rings is 2. The number of aryl methyl sites for hydroxylation is 1. The predicted molar refractivity (Wildman–Crippen MR) is 123 cm³/mol. The largest absolute Gasteiger partial charge is 0.493 e. The van der Waals surface area contributed by atoms with Crippen LogP contribution in [0.5, 0.6) is 11.5 Å². The smallest absolute Gasteiger partial charge is 0.133 e.